The van der Waals surface area contributed by atoms with Gasteiger partial charge in [0.15, 0.2) is 0 Å². The average molecular weight is 482 g/mol. The summed E-state index contributed by atoms with van der Waals surface area (Å²) in [7, 11) is 0. The predicted molar refractivity (Wildman–Crippen MR) is 135 cm³/mol. The molecule has 0 radical (unpaired) electrons. The van der Waals surface area contributed by atoms with Crippen LogP contribution >= 0.6 is 11.3 Å². The van der Waals surface area contributed by atoms with Gasteiger partial charge < -0.3 is 10.1 Å². The lowest BCUT2D eigenvalue weighted by atomic mass is 9.98. The van der Waals surface area contributed by atoms with Crippen molar-refractivity contribution in [3.8, 4) is 0 Å². The van der Waals surface area contributed by atoms with Gasteiger partial charge in [-0.2, -0.15) is 0 Å². The highest BCUT2D eigenvalue weighted by Gasteiger charge is 2.24. The molecule has 0 aliphatic heterocycles. The molecular weight excluding hydrogens is 450 g/mol. The van der Waals surface area contributed by atoms with Crippen LogP contribution in [-0.2, 0) is 28.9 Å². The number of thiophene rings is 1. The Labute approximate surface area is 203 Å². The van der Waals surface area contributed by atoms with E-state index in [2.05, 4.69) is 10.3 Å². The number of carbonyl (C=O) groups is 2. The van der Waals surface area contributed by atoms with Gasteiger partial charge in [0.05, 0.1) is 11.7 Å². The maximum atomic E-state index is 13.2. The van der Waals surface area contributed by atoms with Gasteiger partial charge in [-0.1, -0.05) is 38.5 Å². The van der Waals surface area contributed by atoms with Crippen LogP contribution in [0.15, 0.2) is 29.3 Å². The number of fused-ring (bicyclic) bond motifs is 1. The molecule has 0 bridgehead atoms. The predicted octanol–water partition coefficient (Wildman–Crippen LogP) is 5.02. The van der Waals surface area contributed by atoms with Crippen LogP contribution in [0.4, 0.5) is 5.69 Å². The molecule has 7 nitrogen and oxygen atoms in total. The van der Waals surface area contributed by atoms with Gasteiger partial charge in [0.2, 0.25) is 5.91 Å². The molecule has 0 atom stereocenters. The summed E-state index contributed by atoms with van der Waals surface area (Å²) in [6.45, 7) is 5.68. The summed E-state index contributed by atoms with van der Waals surface area (Å²) < 4.78 is 7.00. The number of carbonyl (C=O) groups excluding carboxylic acids is 2. The van der Waals surface area contributed by atoms with E-state index in [9.17, 15) is 14.4 Å². The Hall–Kier alpha value is -3.00. The van der Waals surface area contributed by atoms with Crippen molar-refractivity contribution in [3.63, 3.8) is 0 Å². The standard InChI is InChI=1S/C26H31N3O4S/c1-4-17-10-9-11-18(5-2)22(17)28-20(30)14-29-15-27-24-21(25(29)31)16(3)23(34-24)26(32)33-19-12-7-6-8-13-19/h9-11,15,19H,4-8,12-14H2,1-3H3,(H,28,30). The quantitative estimate of drug-likeness (QED) is 0.479. The van der Waals surface area contributed by atoms with Gasteiger partial charge in [-0.3, -0.25) is 14.2 Å². The second-order valence-electron chi connectivity index (χ2n) is 8.79. The number of aryl methyl sites for hydroxylation is 3. The van der Waals surface area contributed by atoms with Gasteiger partial charge in [-0.15, -0.1) is 11.3 Å². The van der Waals surface area contributed by atoms with E-state index < -0.39 is 0 Å². The van der Waals surface area contributed by atoms with Crippen LogP contribution in [0.5, 0.6) is 0 Å². The minimum Gasteiger partial charge on any atom is -0.458 e. The Morgan fingerprint density at radius 2 is 1.82 bits per heavy atom. The molecule has 2 aromatic heterocycles. The van der Waals surface area contributed by atoms with Crippen molar-refractivity contribution < 1.29 is 14.3 Å². The van der Waals surface area contributed by atoms with E-state index in [-0.39, 0.29) is 30.1 Å². The number of ether oxygens (including phenoxy) is 1. The van der Waals surface area contributed by atoms with Crippen molar-refractivity contribution in [2.45, 2.75) is 78.4 Å². The van der Waals surface area contributed by atoms with Gasteiger partial charge in [-0.05, 0) is 62.1 Å². The van der Waals surface area contributed by atoms with Crippen LogP contribution in [0.1, 0.15) is 72.3 Å². The fourth-order valence-corrected chi connectivity index (χ4v) is 5.61. The van der Waals surface area contributed by atoms with Crippen LogP contribution in [0.2, 0.25) is 0 Å². The molecule has 1 N–H and O–H groups in total. The summed E-state index contributed by atoms with van der Waals surface area (Å²) in [5.74, 6) is -0.678. The van der Waals surface area contributed by atoms with Crippen molar-refractivity contribution in [3.05, 3.63) is 56.4 Å². The number of aromatic nitrogens is 2. The molecule has 0 saturated heterocycles. The van der Waals surface area contributed by atoms with Crippen molar-refractivity contribution in [2.24, 2.45) is 0 Å². The average Bonchev–Trinajstić information content (AvgIpc) is 3.18. The summed E-state index contributed by atoms with van der Waals surface area (Å²) in [6, 6.07) is 5.99. The van der Waals surface area contributed by atoms with E-state index in [1.165, 1.54) is 28.7 Å². The number of esters is 1. The molecule has 3 aromatic rings. The zero-order valence-electron chi connectivity index (χ0n) is 20.0. The topological polar surface area (TPSA) is 90.3 Å². The van der Waals surface area contributed by atoms with E-state index in [0.29, 0.717) is 20.7 Å². The molecule has 1 fully saturated rings. The maximum absolute atomic E-state index is 13.2. The molecule has 34 heavy (non-hydrogen) atoms. The number of anilines is 1. The Bertz CT molecular complexity index is 1250. The molecule has 1 aliphatic rings. The van der Waals surface area contributed by atoms with Crippen molar-refractivity contribution in [1.82, 2.24) is 9.55 Å². The third-order valence-electron chi connectivity index (χ3n) is 6.51. The summed E-state index contributed by atoms with van der Waals surface area (Å²) >= 11 is 1.18. The SMILES string of the molecule is CCc1cccc(CC)c1NC(=O)Cn1cnc2sc(C(=O)OC3CCCCC3)c(C)c2c1=O. The van der Waals surface area contributed by atoms with Crippen molar-refractivity contribution in [2.75, 3.05) is 5.32 Å². The molecule has 2 heterocycles. The smallest absolute Gasteiger partial charge is 0.348 e. The van der Waals surface area contributed by atoms with Crippen LogP contribution in [-0.4, -0.2) is 27.5 Å². The monoisotopic (exact) mass is 481 g/mol. The van der Waals surface area contributed by atoms with Crippen molar-refractivity contribution >= 4 is 39.1 Å². The molecular formula is C26H31N3O4S. The number of para-hydroxylation sites is 1. The molecule has 0 spiro atoms. The zero-order valence-corrected chi connectivity index (χ0v) is 20.8. The number of rotatable bonds is 7. The summed E-state index contributed by atoms with van der Waals surface area (Å²) in [5, 5.41) is 3.36. The highest BCUT2D eigenvalue weighted by atomic mass is 32.1. The molecule has 1 aliphatic carbocycles. The lowest BCUT2D eigenvalue weighted by Crippen LogP contribution is -2.28. The van der Waals surface area contributed by atoms with Gasteiger partial charge >= 0.3 is 5.97 Å². The minimum absolute atomic E-state index is 0.0572. The van der Waals surface area contributed by atoms with Crippen LogP contribution in [0.3, 0.4) is 0 Å². The second-order valence-corrected chi connectivity index (χ2v) is 9.78. The number of hydrogen-bond acceptors (Lipinski definition) is 6. The Morgan fingerprint density at radius 1 is 1.15 bits per heavy atom. The van der Waals surface area contributed by atoms with Gasteiger partial charge in [0, 0.05) is 5.69 Å². The highest BCUT2D eigenvalue weighted by molar-refractivity contribution is 7.20. The Morgan fingerprint density at radius 3 is 2.47 bits per heavy atom. The van der Waals surface area contributed by atoms with E-state index >= 15 is 0 Å². The number of hydrogen-bond donors (Lipinski definition) is 1. The second kappa shape index (κ2) is 10.5. The van der Waals surface area contributed by atoms with Crippen LogP contribution in [0, 0.1) is 6.92 Å². The molecule has 8 heteroatoms. The first-order valence-corrected chi connectivity index (χ1v) is 12.8. The Kier molecular flexibility index (Phi) is 7.46. The van der Waals surface area contributed by atoms with E-state index in [1.54, 1.807) is 6.92 Å². The lowest BCUT2D eigenvalue weighted by Gasteiger charge is -2.21. The van der Waals surface area contributed by atoms with Crippen molar-refractivity contribution in [1.29, 1.82) is 0 Å². The molecule has 1 aromatic carbocycles. The summed E-state index contributed by atoms with van der Waals surface area (Å²) in [4.78, 5) is 44.1. The largest absolute Gasteiger partial charge is 0.458 e. The molecule has 1 amide bonds. The molecule has 180 valence electrons. The van der Waals surface area contributed by atoms with Gasteiger partial charge in [0.1, 0.15) is 22.4 Å². The molecule has 1 saturated carbocycles. The third kappa shape index (κ3) is 4.92. The third-order valence-corrected chi connectivity index (χ3v) is 7.69. The van der Waals surface area contributed by atoms with E-state index in [4.69, 9.17) is 4.74 Å². The minimum atomic E-state index is -0.389. The first-order valence-electron chi connectivity index (χ1n) is 12.0. The maximum Gasteiger partial charge on any atom is 0.348 e. The number of nitrogens with zero attached hydrogens (tertiary/aromatic N) is 2. The first kappa shape index (κ1) is 24.1. The van der Waals surface area contributed by atoms with Gasteiger partial charge in [-0.25, -0.2) is 9.78 Å². The fraction of sp³-hybridized carbons (Fsp3) is 0.462. The fourth-order valence-electron chi connectivity index (χ4n) is 4.59. The summed E-state index contributed by atoms with van der Waals surface area (Å²) in [5.41, 5.74) is 3.17. The first-order chi connectivity index (χ1) is 16.4. The number of nitrogens with one attached hydrogen (secondary N) is 1. The Balaban J connectivity index is 1.56. The van der Waals surface area contributed by atoms with E-state index in [1.807, 2.05) is 32.0 Å². The lowest BCUT2D eigenvalue weighted by molar-refractivity contribution is -0.116. The zero-order chi connectivity index (χ0) is 24.2. The van der Waals surface area contributed by atoms with Crippen LogP contribution < -0.4 is 10.9 Å². The van der Waals surface area contributed by atoms with Crippen LogP contribution in [0.25, 0.3) is 10.2 Å². The van der Waals surface area contributed by atoms with Gasteiger partial charge in [0.25, 0.3) is 5.56 Å². The van der Waals surface area contributed by atoms with E-state index in [0.717, 1.165) is 55.3 Å². The summed E-state index contributed by atoms with van der Waals surface area (Å²) in [6.07, 6.45) is 8.00. The highest BCUT2D eigenvalue weighted by Crippen LogP contribution is 2.29. The molecule has 4 rings (SSSR count). The molecule has 0 unspecified atom stereocenters. The number of amides is 1. The number of benzene rings is 1. The normalized spacial score (nSPS) is 14.3.